The molecule has 0 unspecified atom stereocenters. The normalized spacial score (nSPS) is 6.19. The smallest absolute Gasteiger partial charge is 0.857 e. The second-order valence-electron chi connectivity index (χ2n) is 2.16. The van der Waals surface area contributed by atoms with Gasteiger partial charge < -0.3 is 19.7 Å². The van der Waals surface area contributed by atoms with Gasteiger partial charge in [-0.15, -0.1) is 0 Å². The van der Waals surface area contributed by atoms with Crippen LogP contribution in [0.4, 0.5) is 4.79 Å². The van der Waals surface area contributed by atoms with Crippen LogP contribution in [0.3, 0.4) is 0 Å². The van der Waals surface area contributed by atoms with Crippen LogP contribution in [0.15, 0.2) is 0 Å². The fourth-order valence-electron chi connectivity index (χ4n) is 0. The summed E-state index contributed by atoms with van der Waals surface area (Å²) in [5.41, 5.74) is 0. The predicted molar refractivity (Wildman–Crippen MR) is 64.6 cm³/mol. The summed E-state index contributed by atoms with van der Waals surface area (Å²) in [5, 5.41) is 17.3. The molecule has 4 nitrogen and oxygen atoms in total. The average molecular weight is 339 g/mol. The van der Waals surface area contributed by atoms with Crippen molar-refractivity contribution in [1.29, 1.82) is 0 Å². The number of ether oxygens (including phenoxy) is 1. The predicted octanol–water partition coefficient (Wildman–Crippen LogP) is 0.813. The van der Waals surface area contributed by atoms with E-state index in [9.17, 15) is 0 Å². The molecule has 0 N–H and O–H groups in total. The Morgan fingerprint density at radius 1 is 1.12 bits per heavy atom. The Hall–Kier alpha value is 0.0287. The monoisotopic (exact) mass is 340 g/mol. The molecule has 0 rings (SSSR count). The molecule has 0 bridgehead atoms. The van der Waals surface area contributed by atoms with Crippen LogP contribution in [0.25, 0.3) is 0 Å². The molecule has 5 heteroatoms. The first-order valence-electron chi connectivity index (χ1n) is 4.84. The Kier molecular flexibility index (Phi) is 85.4. The van der Waals surface area contributed by atoms with Gasteiger partial charge in [-0.1, -0.05) is 53.4 Å². The average Bonchev–Trinajstić information content (AvgIpc) is 2.32. The van der Waals surface area contributed by atoms with Gasteiger partial charge in [-0.05, 0) is 0 Å². The van der Waals surface area contributed by atoms with E-state index in [1.54, 1.807) is 0 Å². The molecular weight excluding hydrogens is 315 g/mol. The van der Waals surface area contributed by atoms with Gasteiger partial charge in [-0.3, -0.25) is 0 Å². The Bertz CT molecular complexity index is 82.1. The van der Waals surface area contributed by atoms with Gasteiger partial charge in [0.15, 0.2) is 0 Å². The van der Waals surface area contributed by atoms with Gasteiger partial charge in [-0.2, -0.15) is 7.11 Å². The van der Waals surface area contributed by atoms with E-state index in [0.717, 1.165) is 27.1 Å². The summed E-state index contributed by atoms with van der Waals surface area (Å²) >= 11 is 0. The van der Waals surface area contributed by atoms with Crippen LogP contribution in [-0.2, 0) is 4.74 Å². The minimum Gasteiger partial charge on any atom is -0.857 e. The first-order valence-corrected chi connectivity index (χ1v) is 4.84. The van der Waals surface area contributed by atoms with E-state index in [2.05, 4.69) is 32.4 Å². The Morgan fingerprint density at radius 3 is 1.25 bits per heavy atom. The first kappa shape index (κ1) is 29.8. The summed E-state index contributed by atoms with van der Waals surface area (Å²) in [4.78, 5) is 9.03. The van der Waals surface area contributed by atoms with E-state index in [1.165, 1.54) is 12.8 Å². The summed E-state index contributed by atoms with van der Waals surface area (Å²) in [5.74, 6) is 0. The maximum atomic E-state index is 9.03. The van der Waals surface area contributed by atoms with Gasteiger partial charge in [0.2, 0.25) is 0 Å². The van der Waals surface area contributed by atoms with Crippen molar-refractivity contribution in [2.75, 3.05) is 14.2 Å². The maximum absolute atomic E-state index is 9.03. The van der Waals surface area contributed by atoms with E-state index in [4.69, 9.17) is 15.0 Å². The van der Waals surface area contributed by atoms with Crippen molar-refractivity contribution < 1.29 is 19.7 Å². The third kappa shape index (κ3) is 147. The van der Waals surface area contributed by atoms with Crippen LogP contribution in [0.5, 0.6) is 0 Å². The van der Waals surface area contributed by atoms with Gasteiger partial charge in [0, 0.05) is 7.11 Å². The first-order chi connectivity index (χ1) is 7.10. The van der Waals surface area contributed by atoms with Crippen molar-refractivity contribution in [2.45, 2.75) is 39.5 Å². The van der Waals surface area contributed by atoms with Crippen molar-refractivity contribution >= 4 is 30.1 Å². The zero-order valence-electron chi connectivity index (χ0n) is 10.9. The Balaban J connectivity index is -0.0000000343. The molecule has 0 aliphatic carbocycles. The van der Waals surface area contributed by atoms with Crippen LogP contribution in [-0.4, -0.2) is 44.3 Å². The summed E-state index contributed by atoms with van der Waals surface area (Å²) < 4.78 is 3.56. The SMILES string of the molecule is COC(=O)[O-].C[O-].[CH2]CCC.[CH2]CCC.[Sn+2]. The number of unbranched alkanes of at least 4 members (excludes halogenated alkanes) is 2. The van der Waals surface area contributed by atoms with Crippen molar-refractivity contribution in [2.24, 2.45) is 0 Å². The van der Waals surface area contributed by atoms with Crippen LogP contribution in [0, 0.1) is 13.8 Å². The zero-order chi connectivity index (χ0) is 13.1. The van der Waals surface area contributed by atoms with Gasteiger partial charge >= 0.3 is 23.9 Å². The molecule has 0 saturated carbocycles. The summed E-state index contributed by atoms with van der Waals surface area (Å²) in [6.07, 6.45) is 3.06. The van der Waals surface area contributed by atoms with Crippen molar-refractivity contribution in [1.82, 2.24) is 0 Å². The van der Waals surface area contributed by atoms with Crippen molar-refractivity contribution in [3.63, 3.8) is 0 Å². The summed E-state index contributed by atoms with van der Waals surface area (Å²) in [6, 6.07) is 0. The topological polar surface area (TPSA) is 72.4 Å². The number of carbonyl (C=O) groups is 1. The molecule has 0 saturated heterocycles. The second-order valence-corrected chi connectivity index (χ2v) is 2.16. The van der Waals surface area contributed by atoms with Crippen LogP contribution in [0.1, 0.15) is 39.5 Å². The number of methoxy groups -OCH3 is 1. The van der Waals surface area contributed by atoms with Crippen molar-refractivity contribution in [3.05, 3.63) is 13.8 Å². The molecule has 0 aromatic rings. The van der Waals surface area contributed by atoms with E-state index in [-0.39, 0.29) is 23.9 Å². The van der Waals surface area contributed by atoms with E-state index in [0.29, 0.717) is 0 Å². The Labute approximate surface area is 117 Å². The van der Waals surface area contributed by atoms with Gasteiger partial charge in [0.25, 0.3) is 6.16 Å². The summed E-state index contributed by atoms with van der Waals surface area (Å²) in [7, 11) is 1.79. The zero-order valence-corrected chi connectivity index (χ0v) is 13.7. The number of rotatable bonds is 2. The molecule has 0 atom stereocenters. The number of carbonyl (C=O) groups excluding carboxylic acids is 1. The third-order valence-electron chi connectivity index (χ3n) is 0.874. The molecule has 0 heterocycles. The second kappa shape index (κ2) is 45.9. The van der Waals surface area contributed by atoms with Gasteiger partial charge in [-0.25, -0.2) is 0 Å². The molecule has 0 aliphatic rings. The molecule has 0 spiro atoms. The van der Waals surface area contributed by atoms with Crippen LogP contribution in [0.2, 0.25) is 0 Å². The minimum absolute atomic E-state index is 0. The van der Waals surface area contributed by atoms with Crippen LogP contribution < -0.4 is 10.2 Å². The molecular formula is C11H24O4Sn. The standard InChI is InChI=1S/2C4H9.C2H4O3.CH3O.Sn/c2*1-3-4-2;1-5-2(3)4;1-2;/h2*1,3-4H2,2H3;1H3,(H,3,4);1H3;/q;;;-1;+2/p-1. The number of carboxylic acid groups (broad SMARTS) is 1. The molecule has 0 fully saturated rings. The maximum Gasteiger partial charge on any atom is 2.00 e. The molecule has 0 amide bonds. The van der Waals surface area contributed by atoms with Gasteiger partial charge in [0.1, 0.15) is 0 Å². The molecule has 16 heavy (non-hydrogen) atoms. The molecule has 0 aliphatic heterocycles. The molecule has 0 aromatic heterocycles. The van der Waals surface area contributed by atoms with E-state index in [1.807, 2.05) is 0 Å². The van der Waals surface area contributed by atoms with E-state index >= 15 is 0 Å². The largest absolute Gasteiger partial charge is 2.00 e. The summed E-state index contributed by atoms with van der Waals surface area (Å²) in [6.45, 7) is 11.4. The van der Waals surface area contributed by atoms with Crippen LogP contribution >= 0.6 is 0 Å². The fourth-order valence-corrected chi connectivity index (χ4v) is 0. The molecule has 4 radical (unpaired) electrons. The third-order valence-corrected chi connectivity index (χ3v) is 0.874. The quantitative estimate of drug-likeness (QED) is 0.552. The minimum atomic E-state index is -1.50. The molecule has 0 aromatic carbocycles. The number of hydrogen-bond acceptors (Lipinski definition) is 4. The Morgan fingerprint density at radius 2 is 1.25 bits per heavy atom. The molecule has 96 valence electrons. The number of hydrogen-bond donors (Lipinski definition) is 0. The van der Waals surface area contributed by atoms with Crippen molar-refractivity contribution in [3.8, 4) is 0 Å². The van der Waals surface area contributed by atoms with Gasteiger partial charge in [0.05, 0.1) is 0 Å². The van der Waals surface area contributed by atoms with E-state index < -0.39 is 6.16 Å². The fraction of sp³-hybridized carbons (Fsp3) is 0.727.